The molecule has 0 aliphatic carbocycles. The first-order valence-electron chi connectivity index (χ1n) is 9.86. The summed E-state index contributed by atoms with van der Waals surface area (Å²) in [6.07, 6.45) is 1.57. The van der Waals surface area contributed by atoms with Crippen LogP contribution in [0.25, 0.3) is 11.4 Å². The minimum Gasteiger partial charge on any atom is -0.338 e. The molecule has 1 atom stereocenters. The third kappa shape index (κ3) is 4.71. The molecule has 1 saturated heterocycles. The number of nitrogens with one attached hydrogen (secondary N) is 1. The Bertz CT molecular complexity index is 1050. The number of nitrogens with zero attached hydrogens (tertiary/aromatic N) is 3. The molecule has 3 aromatic rings. The number of hydrogen-bond donors (Lipinski definition) is 1. The van der Waals surface area contributed by atoms with Gasteiger partial charge in [0.1, 0.15) is 0 Å². The lowest BCUT2D eigenvalue weighted by Crippen LogP contribution is -2.40. The van der Waals surface area contributed by atoms with Gasteiger partial charge in [0.05, 0.1) is 12.5 Å². The van der Waals surface area contributed by atoms with Gasteiger partial charge in [-0.3, -0.25) is 9.69 Å². The van der Waals surface area contributed by atoms with Crippen molar-refractivity contribution in [2.45, 2.75) is 26.3 Å². The summed E-state index contributed by atoms with van der Waals surface area (Å²) in [6, 6.07) is 11.2. The van der Waals surface area contributed by atoms with Gasteiger partial charge in [-0.05, 0) is 44.5 Å². The Hall–Kier alpha value is -3.13. The zero-order chi connectivity index (χ0) is 21.1. The lowest BCUT2D eigenvalue weighted by atomic mass is 9.97. The van der Waals surface area contributed by atoms with Gasteiger partial charge in [-0.25, -0.2) is 8.78 Å². The van der Waals surface area contributed by atoms with E-state index in [1.165, 1.54) is 6.07 Å². The minimum absolute atomic E-state index is 0.211. The molecule has 0 bridgehead atoms. The van der Waals surface area contributed by atoms with Gasteiger partial charge < -0.3 is 9.84 Å². The largest absolute Gasteiger partial charge is 0.338 e. The molecule has 1 aliphatic rings. The van der Waals surface area contributed by atoms with Crippen LogP contribution in [0.3, 0.4) is 0 Å². The highest BCUT2D eigenvalue weighted by Gasteiger charge is 2.27. The second kappa shape index (κ2) is 8.71. The van der Waals surface area contributed by atoms with Crippen LogP contribution in [0.4, 0.5) is 14.5 Å². The molecule has 1 N–H and O–H groups in total. The number of halogens is 2. The molecule has 1 unspecified atom stereocenters. The van der Waals surface area contributed by atoms with Gasteiger partial charge in [0.15, 0.2) is 11.6 Å². The van der Waals surface area contributed by atoms with Crippen molar-refractivity contribution in [2.75, 3.05) is 18.4 Å². The van der Waals surface area contributed by atoms with Crippen LogP contribution in [0.5, 0.6) is 0 Å². The summed E-state index contributed by atoms with van der Waals surface area (Å²) in [5.41, 5.74) is 2.26. The van der Waals surface area contributed by atoms with E-state index in [0.29, 0.717) is 24.8 Å². The average Bonchev–Trinajstić information content (AvgIpc) is 3.19. The zero-order valence-corrected chi connectivity index (χ0v) is 16.6. The molecule has 8 heteroatoms. The Morgan fingerprint density at radius 2 is 2.10 bits per heavy atom. The topological polar surface area (TPSA) is 71.3 Å². The van der Waals surface area contributed by atoms with Crippen LogP contribution in [0, 0.1) is 24.5 Å². The predicted molar refractivity (Wildman–Crippen MR) is 107 cm³/mol. The number of amides is 1. The van der Waals surface area contributed by atoms with E-state index in [0.717, 1.165) is 42.6 Å². The molecular formula is C22H22F2N4O2. The van der Waals surface area contributed by atoms with E-state index in [4.69, 9.17) is 4.52 Å². The van der Waals surface area contributed by atoms with Gasteiger partial charge in [0.25, 0.3) is 0 Å². The molecule has 30 heavy (non-hydrogen) atoms. The number of benzene rings is 2. The van der Waals surface area contributed by atoms with Crippen LogP contribution in [-0.2, 0) is 11.3 Å². The Kier molecular flexibility index (Phi) is 5.85. The monoisotopic (exact) mass is 412 g/mol. The Balaban J connectivity index is 1.37. The Labute approximate surface area is 172 Å². The SMILES string of the molecule is Cc1cccc(-c2noc(CN3CCCC(C(=O)Nc4ccc(F)c(F)c4)C3)n2)c1. The molecule has 0 saturated carbocycles. The number of rotatable bonds is 5. The van der Waals surface area contributed by atoms with Gasteiger partial charge in [-0.15, -0.1) is 0 Å². The first-order chi connectivity index (χ1) is 14.5. The van der Waals surface area contributed by atoms with E-state index in [-0.39, 0.29) is 17.5 Å². The molecule has 6 nitrogen and oxygen atoms in total. The maximum Gasteiger partial charge on any atom is 0.241 e. The summed E-state index contributed by atoms with van der Waals surface area (Å²) in [4.78, 5) is 19.1. The highest BCUT2D eigenvalue weighted by Crippen LogP contribution is 2.22. The summed E-state index contributed by atoms with van der Waals surface area (Å²) in [6.45, 7) is 3.80. The smallest absolute Gasteiger partial charge is 0.241 e. The Morgan fingerprint density at radius 3 is 2.90 bits per heavy atom. The van der Waals surface area contributed by atoms with E-state index in [2.05, 4.69) is 20.4 Å². The molecule has 2 aromatic carbocycles. The summed E-state index contributed by atoms with van der Waals surface area (Å²) >= 11 is 0. The fourth-order valence-electron chi connectivity index (χ4n) is 3.64. The molecule has 156 valence electrons. The molecule has 1 fully saturated rings. The first kappa shape index (κ1) is 20.2. The molecule has 2 heterocycles. The summed E-state index contributed by atoms with van der Waals surface area (Å²) in [7, 11) is 0. The van der Waals surface area contributed by atoms with Crippen LogP contribution in [-0.4, -0.2) is 34.0 Å². The Morgan fingerprint density at radius 1 is 1.23 bits per heavy atom. The van der Waals surface area contributed by atoms with Crippen molar-refractivity contribution < 1.29 is 18.1 Å². The van der Waals surface area contributed by atoms with Crippen LogP contribution in [0.15, 0.2) is 47.0 Å². The van der Waals surface area contributed by atoms with Crippen LogP contribution < -0.4 is 5.32 Å². The van der Waals surface area contributed by atoms with Crippen molar-refractivity contribution in [3.63, 3.8) is 0 Å². The number of likely N-dealkylation sites (tertiary alicyclic amines) is 1. The quantitative estimate of drug-likeness (QED) is 0.681. The number of aryl methyl sites for hydroxylation is 1. The lowest BCUT2D eigenvalue weighted by Gasteiger charge is -2.30. The van der Waals surface area contributed by atoms with Crippen molar-refractivity contribution in [2.24, 2.45) is 5.92 Å². The van der Waals surface area contributed by atoms with E-state index >= 15 is 0 Å². The highest BCUT2D eigenvalue weighted by atomic mass is 19.2. The highest BCUT2D eigenvalue weighted by molar-refractivity contribution is 5.92. The van der Waals surface area contributed by atoms with Crippen molar-refractivity contribution in [3.05, 3.63) is 65.6 Å². The molecule has 4 rings (SSSR count). The number of carbonyl (C=O) groups is 1. The molecular weight excluding hydrogens is 390 g/mol. The summed E-state index contributed by atoms with van der Waals surface area (Å²) in [5, 5.41) is 6.73. The van der Waals surface area contributed by atoms with Gasteiger partial charge in [-0.2, -0.15) is 4.98 Å². The number of piperidine rings is 1. The lowest BCUT2D eigenvalue weighted by molar-refractivity contribution is -0.121. The molecule has 0 spiro atoms. The van der Waals surface area contributed by atoms with Gasteiger partial charge in [0, 0.05) is 23.9 Å². The van der Waals surface area contributed by atoms with Crippen LogP contribution >= 0.6 is 0 Å². The molecule has 1 amide bonds. The minimum atomic E-state index is -0.987. The van der Waals surface area contributed by atoms with Crippen molar-refractivity contribution in [3.8, 4) is 11.4 Å². The van der Waals surface area contributed by atoms with Crippen molar-refractivity contribution >= 4 is 11.6 Å². The van der Waals surface area contributed by atoms with E-state index < -0.39 is 11.6 Å². The van der Waals surface area contributed by atoms with Crippen LogP contribution in [0.2, 0.25) is 0 Å². The van der Waals surface area contributed by atoms with Crippen molar-refractivity contribution in [1.82, 2.24) is 15.0 Å². The molecule has 0 radical (unpaired) electrons. The van der Waals surface area contributed by atoms with E-state index in [9.17, 15) is 13.6 Å². The summed E-state index contributed by atoms with van der Waals surface area (Å²) < 4.78 is 31.8. The van der Waals surface area contributed by atoms with Crippen LogP contribution in [0.1, 0.15) is 24.3 Å². The number of anilines is 1. The maximum atomic E-state index is 13.4. The number of hydrogen-bond acceptors (Lipinski definition) is 5. The standard InChI is InChI=1S/C22H22F2N4O2/c1-14-4-2-5-15(10-14)21-26-20(30-27-21)13-28-9-3-6-16(12-28)22(29)25-17-7-8-18(23)19(24)11-17/h2,4-5,7-8,10-11,16H,3,6,9,12-13H2,1H3,(H,25,29). The number of aromatic nitrogens is 2. The fourth-order valence-corrected chi connectivity index (χ4v) is 3.64. The fraction of sp³-hybridized carbons (Fsp3) is 0.318. The van der Waals surface area contributed by atoms with E-state index in [1.54, 1.807) is 0 Å². The van der Waals surface area contributed by atoms with Crippen molar-refractivity contribution in [1.29, 1.82) is 0 Å². The molecule has 1 aliphatic heterocycles. The third-order valence-electron chi connectivity index (χ3n) is 5.17. The molecule has 1 aromatic heterocycles. The third-order valence-corrected chi connectivity index (χ3v) is 5.17. The van der Waals surface area contributed by atoms with Gasteiger partial charge in [0.2, 0.25) is 17.6 Å². The maximum absolute atomic E-state index is 13.4. The average molecular weight is 412 g/mol. The second-order valence-corrected chi connectivity index (χ2v) is 7.57. The first-order valence-corrected chi connectivity index (χ1v) is 9.86. The van der Waals surface area contributed by atoms with Gasteiger partial charge in [-0.1, -0.05) is 28.9 Å². The second-order valence-electron chi connectivity index (χ2n) is 7.57. The van der Waals surface area contributed by atoms with E-state index in [1.807, 2.05) is 31.2 Å². The summed E-state index contributed by atoms with van der Waals surface area (Å²) in [5.74, 6) is -1.37. The zero-order valence-electron chi connectivity index (χ0n) is 16.6. The number of carbonyl (C=O) groups excluding carboxylic acids is 1. The predicted octanol–water partition coefficient (Wildman–Crippen LogP) is 4.17. The van der Waals surface area contributed by atoms with Gasteiger partial charge >= 0.3 is 0 Å². The normalized spacial score (nSPS) is 17.1.